The Morgan fingerprint density at radius 2 is 1.88 bits per heavy atom. The largest absolute Gasteiger partial charge is 0.478 e. The van der Waals surface area contributed by atoms with E-state index in [2.05, 4.69) is 12.1 Å². The summed E-state index contributed by atoms with van der Waals surface area (Å²) in [5, 5.41) is 9.41. The first-order chi connectivity index (χ1) is 11.6. The van der Waals surface area contributed by atoms with Gasteiger partial charge in [-0.1, -0.05) is 30.3 Å². The maximum absolute atomic E-state index is 12.6. The second-order valence-corrected chi connectivity index (χ2v) is 6.30. The molecule has 1 aliphatic rings. The third-order valence-electron chi connectivity index (χ3n) is 4.76. The second kappa shape index (κ2) is 5.34. The fourth-order valence-electron chi connectivity index (χ4n) is 3.35. The van der Waals surface area contributed by atoms with Gasteiger partial charge in [-0.2, -0.15) is 0 Å². The lowest BCUT2D eigenvalue weighted by Crippen LogP contribution is -2.10. The molecule has 0 radical (unpaired) electrons. The van der Waals surface area contributed by atoms with Crippen LogP contribution in [-0.4, -0.2) is 11.1 Å². The number of hydrogen-bond acceptors (Lipinski definition) is 3. The van der Waals surface area contributed by atoms with Crippen molar-refractivity contribution in [2.75, 3.05) is 0 Å². The van der Waals surface area contributed by atoms with Gasteiger partial charge in [-0.3, -0.25) is 4.79 Å². The van der Waals surface area contributed by atoms with Crippen LogP contribution in [0.3, 0.4) is 0 Å². The summed E-state index contributed by atoms with van der Waals surface area (Å²) < 4.78 is 5.99. The molecule has 2 atom stereocenters. The summed E-state index contributed by atoms with van der Waals surface area (Å²) in [6, 6.07) is 14.6. The number of rotatable bonds is 3. The molecule has 4 nitrogen and oxygen atoms in total. The van der Waals surface area contributed by atoms with Crippen molar-refractivity contribution in [2.45, 2.75) is 25.2 Å². The van der Waals surface area contributed by atoms with Gasteiger partial charge >= 0.3 is 5.97 Å². The Kier molecular flexibility index (Phi) is 3.27. The predicted molar refractivity (Wildman–Crippen MR) is 90.7 cm³/mol. The highest BCUT2D eigenvalue weighted by molar-refractivity contribution is 5.92. The summed E-state index contributed by atoms with van der Waals surface area (Å²) in [4.78, 5) is 23.7. The van der Waals surface area contributed by atoms with Crippen LogP contribution in [0.25, 0.3) is 11.0 Å². The molecular formula is C20H16O4. The molecular weight excluding hydrogens is 304 g/mol. The van der Waals surface area contributed by atoms with E-state index in [1.807, 2.05) is 18.2 Å². The summed E-state index contributed by atoms with van der Waals surface area (Å²) in [6.07, 6.45) is 0.965. The number of hydrogen-bond donors (Lipinski definition) is 1. The minimum absolute atomic E-state index is 0.0931. The van der Waals surface area contributed by atoms with Crippen molar-refractivity contribution in [3.05, 3.63) is 81.2 Å². The van der Waals surface area contributed by atoms with Crippen LogP contribution in [0, 0.1) is 6.92 Å². The molecule has 2 unspecified atom stereocenters. The molecule has 1 heterocycles. The number of carboxylic acid groups (broad SMARTS) is 1. The van der Waals surface area contributed by atoms with E-state index in [1.54, 1.807) is 13.0 Å². The Labute approximate surface area is 138 Å². The zero-order valence-electron chi connectivity index (χ0n) is 13.2. The maximum atomic E-state index is 12.6. The fraction of sp³-hybridized carbons (Fsp3) is 0.200. The fourth-order valence-corrected chi connectivity index (χ4v) is 3.35. The lowest BCUT2D eigenvalue weighted by molar-refractivity contribution is 0.0697. The van der Waals surface area contributed by atoms with Crippen LogP contribution in [0.4, 0.5) is 0 Å². The Morgan fingerprint density at radius 3 is 2.58 bits per heavy atom. The minimum Gasteiger partial charge on any atom is -0.478 e. The molecule has 4 rings (SSSR count). The quantitative estimate of drug-likeness (QED) is 0.790. The van der Waals surface area contributed by atoms with E-state index in [4.69, 9.17) is 9.52 Å². The molecule has 1 fully saturated rings. The Bertz CT molecular complexity index is 1000. The molecule has 1 saturated carbocycles. The monoisotopic (exact) mass is 320 g/mol. The van der Waals surface area contributed by atoms with Crippen LogP contribution < -0.4 is 5.43 Å². The van der Waals surface area contributed by atoms with Gasteiger partial charge in [0.05, 0.1) is 10.9 Å². The summed E-state index contributed by atoms with van der Waals surface area (Å²) in [6.45, 7) is 1.76. The van der Waals surface area contributed by atoms with E-state index in [9.17, 15) is 9.59 Å². The van der Waals surface area contributed by atoms with E-state index >= 15 is 0 Å². The summed E-state index contributed by atoms with van der Waals surface area (Å²) in [5.74, 6) is 0.265. The van der Waals surface area contributed by atoms with Gasteiger partial charge in [0.25, 0.3) is 0 Å². The van der Waals surface area contributed by atoms with E-state index in [-0.39, 0.29) is 16.9 Å². The van der Waals surface area contributed by atoms with Crippen LogP contribution in [0.2, 0.25) is 0 Å². The molecule has 0 bridgehead atoms. The molecule has 0 aliphatic heterocycles. The van der Waals surface area contributed by atoms with Crippen molar-refractivity contribution in [3.63, 3.8) is 0 Å². The molecule has 1 aliphatic carbocycles. The SMILES string of the molecule is Cc1c(C2CC2c2ccccc2)oc2ccc(C(=O)O)cc2c1=O. The molecule has 120 valence electrons. The second-order valence-electron chi connectivity index (χ2n) is 6.30. The first-order valence-electron chi connectivity index (χ1n) is 7.92. The van der Waals surface area contributed by atoms with Gasteiger partial charge in [0, 0.05) is 11.5 Å². The lowest BCUT2D eigenvalue weighted by atomic mass is 10.0. The summed E-state index contributed by atoms with van der Waals surface area (Å²) >= 11 is 0. The average molecular weight is 320 g/mol. The Balaban J connectivity index is 1.78. The molecule has 4 heteroatoms. The van der Waals surface area contributed by atoms with Crippen LogP contribution in [0.1, 0.15) is 45.5 Å². The minimum atomic E-state index is -1.05. The maximum Gasteiger partial charge on any atom is 0.335 e. The van der Waals surface area contributed by atoms with Crippen LogP contribution >= 0.6 is 0 Å². The van der Waals surface area contributed by atoms with Crippen LogP contribution in [-0.2, 0) is 0 Å². The third kappa shape index (κ3) is 2.31. The van der Waals surface area contributed by atoms with Crippen LogP contribution in [0.5, 0.6) is 0 Å². The van der Waals surface area contributed by atoms with Gasteiger partial charge < -0.3 is 9.52 Å². The van der Waals surface area contributed by atoms with Gasteiger partial charge in [-0.15, -0.1) is 0 Å². The molecule has 2 aromatic carbocycles. The lowest BCUT2D eigenvalue weighted by Gasteiger charge is -2.07. The standard InChI is InChI=1S/C20H16O4/c1-11-18(21)16-9-13(20(22)23)7-8-17(16)24-19(11)15-10-14(15)12-5-3-2-4-6-12/h2-9,14-15H,10H2,1H3,(H,22,23). The number of carboxylic acids is 1. The van der Waals surface area contributed by atoms with Gasteiger partial charge in [0.2, 0.25) is 0 Å². The molecule has 0 spiro atoms. The molecule has 1 N–H and O–H groups in total. The van der Waals surface area contributed by atoms with Gasteiger partial charge in [-0.05, 0) is 43.0 Å². The molecule has 0 amide bonds. The number of fused-ring (bicyclic) bond motifs is 1. The first kappa shape index (κ1) is 14.7. The molecule has 3 aromatic rings. The van der Waals surface area contributed by atoms with E-state index in [1.165, 1.54) is 17.7 Å². The van der Waals surface area contributed by atoms with E-state index in [0.717, 1.165) is 12.2 Å². The highest BCUT2D eigenvalue weighted by Crippen LogP contribution is 2.55. The smallest absolute Gasteiger partial charge is 0.335 e. The average Bonchev–Trinajstić information content (AvgIpc) is 3.39. The van der Waals surface area contributed by atoms with Gasteiger partial charge in [-0.25, -0.2) is 4.79 Å². The zero-order chi connectivity index (χ0) is 16.8. The Morgan fingerprint density at radius 1 is 1.12 bits per heavy atom. The summed E-state index contributed by atoms with van der Waals surface area (Å²) in [5.41, 5.74) is 2.23. The van der Waals surface area contributed by atoms with Crippen molar-refractivity contribution < 1.29 is 14.3 Å². The van der Waals surface area contributed by atoms with Gasteiger partial charge in [0.1, 0.15) is 11.3 Å². The van der Waals surface area contributed by atoms with Crippen molar-refractivity contribution in [1.29, 1.82) is 0 Å². The molecule has 0 saturated heterocycles. The van der Waals surface area contributed by atoms with Crippen molar-refractivity contribution >= 4 is 16.9 Å². The van der Waals surface area contributed by atoms with Crippen molar-refractivity contribution in [1.82, 2.24) is 0 Å². The number of aromatic carboxylic acids is 1. The first-order valence-corrected chi connectivity index (χ1v) is 7.92. The van der Waals surface area contributed by atoms with Crippen molar-refractivity contribution in [3.8, 4) is 0 Å². The highest BCUT2D eigenvalue weighted by Gasteiger charge is 2.42. The molecule has 24 heavy (non-hydrogen) atoms. The number of benzene rings is 2. The highest BCUT2D eigenvalue weighted by atomic mass is 16.4. The van der Waals surface area contributed by atoms with E-state index < -0.39 is 5.97 Å². The number of carbonyl (C=O) groups is 1. The topological polar surface area (TPSA) is 67.5 Å². The Hall–Kier alpha value is -2.88. The normalized spacial score (nSPS) is 19.4. The molecule has 1 aromatic heterocycles. The van der Waals surface area contributed by atoms with Crippen molar-refractivity contribution in [2.24, 2.45) is 0 Å². The summed E-state index contributed by atoms with van der Waals surface area (Å²) in [7, 11) is 0. The van der Waals surface area contributed by atoms with Crippen LogP contribution in [0.15, 0.2) is 57.7 Å². The zero-order valence-corrected chi connectivity index (χ0v) is 13.2. The third-order valence-corrected chi connectivity index (χ3v) is 4.76. The predicted octanol–water partition coefficient (Wildman–Crippen LogP) is 4.07. The van der Waals surface area contributed by atoms with Gasteiger partial charge in [0.15, 0.2) is 5.43 Å². The van der Waals surface area contributed by atoms with E-state index in [0.29, 0.717) is 22.5 Å².